The minimum Gasteiger partial charge on any atom is -0.359 e. The molecule has 198 valence electrons. The van der Waals surface area contributed by atoms with Gasteiger partial charge in [-0.2, -0.15) is 0 Å². The van der Waals surface area contributed by atoms with Gasteiger partial charge < -0.3 is 14.7 Å². The summed E-state index contributed by atoms with van der Waals surface area (Å²) in [6.07, 6.45) is 5.07. The number of nitrogens with zero attached hydrogens (tertiary/aromatic N) is 4. The maximum absolute atomic E-state index is 13.7. The van der Waals surface area contributed by atoms with E-state index in [0.717, 1.165) is 43.6 Å². The van der Waals surface area contributed by atoms with Crippen molar-refractivity contribution >= 4 is 52.4 Å². The summed E-state index contributed by atoms with van der Waals surface area (Å²) in [7, 11) is 2.01. The Bertz CT molecular complexity index is 1160. The van der Waals surface area contributed by atoms with Crippen LogP contribution in [0.2, 0.25) is 15.1 Å². The molecule has 5 rings (SSSR count). The highest BCUT2D eigenvalue weighted by molar-refractivity contribution is 6.42. The highest BCUT2D eigenvalue weighted by Crippen LogP contribution is 2.47. The van der Waals surface area contributed by atoms with Crippen molar-refractivity contribution in [3.63, 3.8) is 0 Å². The number of carbonyl (C=O) groups is 2. The van der Waals surface area contributed by atoms with Gasteiger partial charge in [-0.05, 0) is 55.5 Å². The molecule has 37 heavy (non-hydrogen) atoms. The van der Waals surface area contributed by atoms with E-state index in [1.165, 1.54) is 0 Å². The minimum atomic E-state index is -0.156. The second-order valence-corrected chi connectivity index (χ2v) is 12.4. The quantitative estimate of drug-likeness (QED) is 0.449. The highest BCUT2D eigenvalue weighted by atomic mass is 35.5. The number of amides is 2. The highest BCUT2D eigenvalue weighted by Gasteiger charge is 2.48. The van der Waals surface area contributed by atoms with Gasteiger partial charge in [0.2, 0.25) is 11.8 Å². The van der Waals surface area contributed by atoms with Gasteiger partial charge >= 0.3 is 0 Å². The van der Waals surface area contributed by atoms with Crippen molar-refractivity contribution in [3.8, 4) is 0 Å². The van der Waals surface area contributed by atoms with E-state index in [1.807, 2.05) is 47.2 Å². The van der Waals surface area contributed by atoms with Crippen LogP contribution in [0.1, 0.15) is 44.1 Å². The van der Waals surface area contributed by atoms with Gasteiger partial charge in [-0.15, -0.1) is 0 Å². The molecule has 9 heteroatoms. The number of carbonyl (C=O) groups excluding carboxylic acids is 2. The first-order valence-corrected chi connectivity index (χ1v) is 14.1. The number of benzene rings is 1. The molecule has 1 saturated carbocycles. The fourth-order valence-electron chi connectivity index (χ4n) is 5.77. The van der Waals surface area contributed by atoms with Crippen LogP contribution in [-0.4, -0.2) is 66.4 Å². The van der Waals surface area contributed by atoms with Crippen molar-refractivity contribution in [2.75, 3.05) is 44.7 Å². The smallest absolute Gasteiger partial charge is 0.228 e. The van der Waals surface area contributed by atoms with E-state index in [9.17, 15) is 9.59 Å². The second-order valence-electron chi connectivity index (χ2n) is 11.1. The van der Waals surface area contributed by atoms with E-state index >= 15 is 0 Å². The summed E-state index contributed by atoms with van der Waals surface area (Å²) in [6, 6.07) is 9.52. The Morgan fingerprint density at radius 3 is 2.38 bits per heavy atom. The predicted octanol–water partition coefficient (Wildman–Crippen LogP) is 5.76. The van der Waals surface area contributed by atoms with Crippen molar-refractivity contribution in [1.82, 2.24) is 14.8 Å². The monoisotopic (exact) mass is 562 g/mol. The van der Waals surface area contributed by atoms with Gasteiger partial charge in [0, 0.05) is 69.1 Å². The lowest BCUT2D eigenvalue weighted by Gasteiger charge is -2.34. The molecule has 2 atom stereocenters. The number of hydrogen-bond acceptors (Lipinski definition) is 4. The van der Waals surface area contributed by atoms with Crippen LogP contribution in [0.5, 0.6) is 0 Å². The van der Waals surface area contributed by atoms with E-state index in [1.54, 1.807) is 6.20 Å². The lowest BCUT2D eigenvalue weighted by Crippen LogP contribution is -2.46. The molecular formula is C28H33Cl3N4O2. The van der Waals surface area contributed by atoms with Crippen LogP contribution in [0.4, 0.5) is 5.82 Å². The van der Waals surface area contributed by atoms with Gasteiger partial charge in [0.15, 0.2) is 0 Å². The molecule has 2 aliphatic heterocycles. The molecule has 3 heterocycles. The maximum Gasteiger partial charge on any atom is 0.228 e. The molecular weight excluding hydrogens is 531 g/mol. The Hall–Kier alpha value is -2.02. The van der Waals surface area contributed by atoms with Crippen LogP contribution in [0.15, 0.2) is 36.5 Å². The van der Waals surface area contributed by atoms with E-state index in [0.29, 0.717) is 41.2 Å². The number of halogens is 3. The zero-order valence-corrected chi connectivity index (χ0v) is 23.6. The molecule has 0 unspecified atom stereocenters. The van der Waals surface area contributed by atoms with E-state index in [4.69, 9.17) is 34.8 Å². The third-order valence-corrected chi connectivity index (χ3v) is 9.35. The summed E-state index contributed by atoms with van der Waals surface area (Å²) in [5.74, 6) is 1.58. The summed E-state index contributed by atoms with van der Waals surface area (Å²) >= 11 is 18.6. The molecule has 3 aliphatic rings. The summed E-state index contributed by atoms with van der Waals surface area (Å²) in [5.41, 5.74) is 0.933. The van der Waals surface area contributed by atoms with Crippen molar-refractivity contribution in [2.24, 2.45) is 17.3 Å². The topological polar surface area (TPSA) is 56.8 Å². The summed E-state index contributed by atoms with van der Waals surface area (Å²) in [6.45, 7) is 5.43. The lowest BCUT2D eigenvalue weighted by atomic mass is 9.88. The molecule has 2 saturated heterocycles. The molecule has 2 amide bonds. The lowest BCUT2D eigenvalue weighted by molar-refractivity contribution is -0.142. The Morgan fingerprint density at radius 1 is 1.03 bits per heavy atom. The third kappa shape index (κ3) is 5.71. The number of hydrogen-bond donors (Lipinski definition) is 0. The normalized spacial score (nSPS) is 23.3. The molecule has 1 aliphatic carbocycles. The Morgan fingerprint density at radius 2 is 1.76 bits per heavy atom. The molecule has 3 fully saturated rings. The predicted molar refractivity (Wildman–Crippen MR) is 148 cm³/mol. The minimum absolute atomic E-state index is 0.0417. The Kier molecular flexibility index (Phi) is 7.63. The fourth-order valence-corrected chi connectivity index (χ4v) is 6.19. The zero-order valence-electron chi connectivity index (χ0n) is 21.3. The van der Waals surface area contributed by atoms with E-state index in [2.05, 4.69) is 16.8 Å². The van der Waals surface area contributed by atoms with Crippen LogP contribution < -0.4 is 4.90 Å². The van der Waals surface area contributed by atoms with E-state index < -0.39 is 0 Å². The van der Waals surface area contributed by atoms with Crippen LogP contribution in [-0.2, 0) is 9.59 Å². The van der Waals surface area contributed by atoms with Crippen molar-refractivity contribution < 1.29 is 9.59 Å². The standard InChI is InChI=1S/C28H33Cl3N4O2/c1-28(9-10-28)27(37)34-11-7-18(8-12-34)26(36)35-16-20(15-33(2)25-6-4-21(29)14-32-25)22(17-35)19-3-5-23(30)24(31)13-19/h3-6,13-14,18,20,22H,7-12,15-17H2,1-2H3/t20-,22-/m1/s1. The number of rotatable bonds is 6. The molecule has 0 radical (unpaired) electrons. The average Bonchev–Trinajstić information content (AvgIpc) is 3.52. The van der Waals surface area contributed by atoms with Crippen LogP contribution >= 0.6 is 34.8 Å². The van der Waals surface area contributed by atoms with Gasteiger partial charge in [0.05, 0.1) is 15.1 Å². The molecule has 0 N–H and O–H groups in total. The summed E-state index contributed by atoms with van der Waals surface area (Å²) in [4.78, 5) is 37.0. The Labute approximate surface area is 233 Å². The van der Waals surface area contributed by atoms with Crippen molar-refractivity contribution in [2.45, 2.75) is 38.5 Å². The fraction of sp³-hybridized carbons (Fsp3) is 0.536. The summed E-state index contributed by atoms with van der Waals surface area (Å²) in [5, 5.41) is 1.65. The van der Waals surface area contributed by atoms with Gasteiger partial charge in [0.1, 0.15) is 5.82 Å². The maximum atomic E-state index is 13.7. The van der Waals surface area contributed by atoms with Gasteiger partial charge in [-0.1, -0.05) is 47.8 Å². The van der Waals surface area contributed by atoms with Crippen LogP contribution in [0.3, 0.4) is 0 Å². The number of piperidine rings is 1. The largest absolute Gasteiger partial charge is 0.359 e. The SMILES string of the molecule is CN(C[C@@H]1CN(C(=O)C2CCN(C(=O)C3(C)CC3)CC2)C[C@@H]1c1ccc(Cl)c(Cl)c1)c1ccc(Cl)cn1. The molecule has 0 spiro atoms. The number of likely N-dealkylation sites (tertiary alicyclic amines) is 2. The van der Waals surface area contributed by atoms with Gasteiger partial charge in [-0.25, -0.2) is 4.98 Å². The first kappa shape index (κ1) is 26.6. The number of aromatic nitrogens is 1. The van der Waals surface area contributed by atoms with E-state index in [-0.39, 0.29) is 35.0 Å². The molecule has 1 aromatic carbocycles. The number of anilines is 1. The molecule has 1 aromatic heterocycles. The first-order valence-electron chi connectivity index (χ1n) is 13.0. The average molecular weight is 564 g/mol. The third-order valence-electron chi connectivity index (χ3n) is 8.38. The zero-order chi connectivity index (χ0) is 26.3. The molecule has 6 nitrogen and oxygen atoms in total. The number of pyridine rings is 1. The van der Waals surface area contributed by atoms with Crippen LogP contribution in [0.25, 0.3) is 0 Å². The molecule has 2 aromatic rings. The summed E-state index contributed by atoms with van der Waals surface area (Å²) < 4.78 is 0. The van der Waals surface area contributed by atoms with Crippen molar-refractivity contribution in [3.05, 3.63) is 57.2 Å². The Balaban J connectivity index is 1.29. The second kappa shape index (κ2) is 10.6. The van der Waals surface area contributed by atoms with Crippen LogP contribution in [0, 0.1) is 17.3 Å². The van der Waals surface area contributed by atoms with Gasteiger partial charge in [-0.3, -0.25) is 9.59 Å². The van der Waals surface area contributed by atoms with Gasteiger partial charge in [0.25, 0.3) is 0 Å². The molecule has 0 bridgehead atoms. The van der Waals surface area contributed by atoms with Crippen molar-refractivity contribution in [1.29, 1.82) is 0 Å². The first-order chi connectivity index (χ1) is 17.6.